The number of carbonyl (C=O) groups is 1. The molecule has 0 saturated carbocycles. The highest BCUT2D eigenvalue weighted by Gasteiger charge is 2.24. The summed E-state index contributed by atoms with van der Waals surface area (Å²) in [7, 11) is 0. The number of hydrogen-bond acceptors (Lipinski definition) is 4. The van der Waals surface area contributed by atoms with E-state index in [1.807, 2.05) is 19.9 Å². The Hall–Kier alpha value is -1.75. The van der Waals surface area contributed by atoms with E-state index in [9.17, 15) is 15.0 Å². The summed E-state index contributed by atoms with van der Waals surface area (Å²) in [5, 5.41) is 20.6. The van der Waals surface area contributed by atoms with Gasteiger partial charge >= 0.3 is 5.97 Å². The van der Waals surface area contributed by atoms with Gasteiger partial charge in [-0.15, -0.1) is 0 Å². The second kappa shape index (κ2) is 5.48. The van der Waals surface area contributed by atoms with Crippen LogP contribution >= 0.6 is 11.8 Å². The molecule has 0 fully saturated rings. The van der Waals surface area contributed by atoms with Crippen molar-refractivity contribution in [3.8, 4) is 5.75 Å². The fraction of sp³-hybridized carbons (Fsp3) is 0.286. The first-order valence-corrected chi connectivity index (χ1v) is 6.84. The van der Waals surface area contributed by atoms with Crippen molar-refractivity contribution in [1.29, 1.82) is 0 Å². The number of carboxylic acid groups (broad SMARTS) is 1. The molecule has 0 aliphatic rings. The maximum Gasteiger partial charge on any atom is 0.317 e. The van der Waals surface area contributed by atoms with Gasteiger partial charge in [-0.3, -0.25) is 4.79 Å². The molecule has 0 aliphatic carbocycles. The van der Waals surface area contributed by atoms with Gasteiger partial charge in [-0.25, -0.2) is 4.98 Å². The molecule has 100 valence electrons. The number of fused-ring (bicyclic) bond motifs is 1. The standard InChI is InChI=1S/C14H15NO3S/c1-8(2)12(14(17)18)19-13-11-7-10(16)4-3-9(11)5-6-15-13/h3-8,12,16H,1-2H3,(H,17,18). The predicted octanol–water partition coefficient (Wildman–Crippen LogP) is 3.14. The zero-order valence-electron chi connectivity index (χ0n) is 10.7. The highest BCUT2D eigenvalue weighted by molar-refractivity contribution is 8.00. The van der Waals surface area contributed by atoms with Crippen molar-refractivity contribution >= 4 is 28.5 Å². The van der Waals surface area contributed by atoms with Crippen LogP contribution in [0, 0.1) is 5.92 Å². The zero-order valence-corrected chi connectivity index (χ0v) is 11.5. The Morgan fingerprint density at radius 1 is 1.32 bits per heavy atom. The van der Waals surface area contributed by atoms with E-state index >= 15 is 0 Å². The molecule has 0 amide bonds. The van der Waals surface area contributed by atoms with Crippen molar-refractivity contribution in [3.63, 3.8) is 0 Å². The molecular weight excluding hydrogens is 262 g/mol. The Bertz CT molecular complexity index is 613. The highest BCUT2D eigenvalue weighted by atomic mass is 32.2. The molecule has 1 heterocycles. The lowest BCUT2D eigenvalue weighted by atomic mass is 10.1. The van der Waals surface area contributed by atoms with Crippen molar-refractivity contribution in [2.75, 3.05) is 0 Å². The SMILES string of the molecule is CC(C)C(Sc1nccc2ccc(O)cc12)C(=O)O. The first-order chi connectivity index (χ1) is 8.99. The summed E-state index contributed by atoms with van der Waals surface area (Å²) in [4.78, 5) is 15.5. The maximum atomic E-state index is 11.3. The van der Waals surface area contributed by atoms with Gasteiger partial charge in [0.2, 0.25) is 0 Å². The summed E-state index contributed by atoms with van der Waals surface area (Å²) in [5.74, 6) is -0.699. The van der Waals surface area contributed by atoms with Gasteiger partial charge in [0.15, 0.2) is 0 Å². The topological polar surface area (TPSA) is 70.4 Å². The van der Waals surface area contributed by atoms with E-state index in [1.54, 1.807) is 24.4 Å². The predicted molar refractivity (Wildman–Crippen MR) is 75.5 cm³/mol. The number of hydrogen-bond donors (Lipinski definition) is 2. The molecule has 0 saturated heterocycles. The van der Waals surface area contributed by atoms with Crippen LogP contribution in [0.1, 0.15) is 13.8 Å². The fourth-order valence-electron chi connectivity index (χ4n) is 1.82. The lowest BCUT2D eigenvalue weighted by molar-refractivity contribution is -0.137. The second-order valence-electron chi connectivity index (χ2n) is 4.64. The van der Waals surface area contributed by atoms with Gasteiger partial charge in [-0.05, 0) is 29.5 Å². The molecule has 1 aromatic carbocycles. The third kappa shape index (κ3) is 2.98. The van der Waals surface area contributed by atoms with Crippen molar-refractivity contribution in [1.82, 2.24) is 4.98 Å². The largest absolute Gasteiger partial charge is 0.508 e. The number of aromatic nitrogens is 1. The van der Waals surface area contributed by atoms with E-state index in [4.69, 9.17) is 0 Å². The molecule has 0 radical (unpaired) electrons. The first kappa shape index (κ1) is 13.7. The van der Waals surface area contributed by atoms with Crippen molar-refractivity contribution in [2.45, 2.75) is 24.1 Å². The average Bonchev–Trinajstić information content (AvgIpc) is 2.35. The summed E-state index contributed by atoms with van der Waals surface area (Å²) < 4.78 is 0. The van der Waals surface area contributed by atoms with Gasteiger partial charge in [0, 0.05) is 11.6 Å². The van der Waals surface area contributed by atoms with Gasteiger partial charge in [-0.2, -0.15) is 0 Å². The molecule has 1 atom stereocenters. The molecule has 19 heavy (non-hydrogen) atoms. The third-order valence-electron chi connectivity index (χ3n) is 2.80. The maximum absolute atomic E-state index is 11.3. The summed E-state index contributed by atoms with van der Waals surface area (Å²) in [6, 6.07) is 6.85. The van der Waals surface area contributed by atoms with Crippen LogP contribution < -0.4 is 0 Å². The second-order valence-corrected chi connectivity index (χ2v) is 5.77. The number of benzene rings is 1. The van der Waals surface area contributed by atoms with E-state index in [2.05, 4.69) is 4.98 Å². The number of aliphatic carboxylic acids is 1. The van der Waals surface area contributed by atoms with Gasteiger partial charge < -0.3 is 10.2 Å². The van der Waals surface area contributed by atoms with E-state index in [1.165, 1.54) is 11.8 Å². The average molecular weight is 277 g/mol. The Labute approximate surface area is 115 Å². The lowest BCUT2D eigenvalue weighted by Gasteiger charge is -2.16. The van der Waals surface area contributed by atoms with Gasteiger partial charge in [0.1, 0.15) is 16.0 Å². The van der Waals surface area contributed by atoms with Crippen molar-refractivity contribution < 1.29 is 15.0 Å². The first-order valence-electron chi connectivity index (χ1n) is 5.96. The van der Waals surface area contributed by atoms with E-state index in [0.29, 0.717) is 5.03 Å². The van der Waals surface area contributed by atoms with E-state index < -0.39 is 11.2 Å². The fourth-order valence-corrected chi connectivity index (χ4v) is 2.85. The summed E-state index contributed by atoms with van der Waals surface area (Å²) >= 11 is 1.22. The summed E-state index contributed by atoms with van der Waals surface area (Å²) in [6.07, 6.45) is 1.65. The highest BCUT2D eigenvalue weighted by Crippen LogP contribution is 2.33. The Balaban J connectivity index is 2.44. The van der Waals surface area contributed by atoms with Gasteiger partial charge in [0.05, 0.1) is 0 Å². The number of rotatable bonds is 4. The molecule has 2 aromatic rings. The lowest BCUT2D eigenvalue weighted by Crippen LogP contribution is -2.22. The molecule has 0 bridgehead atoms. The van der Waals surface area contributed by atoms with Crippen LogP contribution in [0.15, 0.2) is 35.5 Å². The zero-order chi connectivity index (χ0) is 14.0. The smallest absolute Gasteiger partial charge is 0.317 e. The Kier molecular flexibility index (Phi) is 3.95. The minimum Gasteiger partial charge on any atom is -0.508 e. The number of phenolic OH excluding ortho intramolecular Hbond substituents is 1. The Morgan fingerprint density at radius 2 is 2.05 bits per heavy atom. The molecule has 4 nitrogen and oxygen atoms in total. The van der Waals surface area contributed by atoms with Crippen molar-refractivity contribution in [3.05, 3.63) is 30.5 Å². The molecule has 1 unspecified atom stereocenters. The molecule has 0 spiro atoms. The number of pyridine rings is 1. The molecule has 5 heteroatoms. The number of phenols is 1. The minimum atomic E-state index is -0.848. The monoisotopic (exact) mass is 277 g/mol. The number of thioether (sulfide) groups is 1. The molecule has 2 N–H and O–H groups in total. The van der Waals surface area contributed by atoms with Crippen LogP contribution in [0.5, 0.6) is 5.75 Å². The quantitative estimate of drug-likeness (QED) is 0.840. The molecule has 2 rings (SSSR count). The normalized spacial score (nSPS) is 12.8. The molecule has 1 aromatic heterocycles. The van der Waals surface area contributed by atoms with Crippen LogP contribution in [0.25, 0.3) is 10.8 Å². The third-order valence-corrected chi connectivity index (χ3v) is 4.35. The molecular formula is C14H15NO3S. The number of carboxylic acids is 1. The van der Waals surface area contributed by atoms with E-state index in [-0.39, 0.29) is 11.7 Å². The Morgan fingerprint density at radius 3 is 2.68 bits per heavy atom. The van der Waals surface area contributed by atoms with Gasteiger partial charge in [-0.1, -0.05) is 31.7 Å². The van der Waals surface area contributed by atoms with Crippen LogP contribution in [0.2, 0.25) is 0 Å². The number of aromatic hydroxyl groups is 1. The minimum absolute atomic E-state index is 0.00290. The van der Waals surface area contributed by atoms with Gasteiger partial charge in [0.25, 0.3) is 0 Å². The summed E-state index contributed by atoms with van der Waals surface area (Å²) in [5.41, 5.74) is 0. The summed E-state index contributed by atoms with van der Waals surface area (Å²) in [6.45, 7) is 3.74. The number of nitrogens with zero attached hydrogens (tertiary/aromatic N) is 1. The van der Waals surface area contributed by atoms with Crippen LogP contribution in [-0.4, -0.2) is 26.4 Å². The van der Waals surface area contributed by atoms with E-state index in [0.717, 1.165) is 10.8 Å². The molecule has 0 aliphatic heterocycles. The van der Waals surface area contributed by atoms with Crippen LogP contribution in [-0.2, 0) is 4.79 Å². The van der Waals surface area contributed by atoms with Crippen LogP contribution in [0.3, 0.4) is 0 Å². The van der Waals surface area contributed by atoms with Crippen LogP contribution in [0.4, 0.5) is 0 Å². The van der Waals surface area contributed by atoms with Crippen molar-refractivity contribution in [2.24, 2.45) is 5.92 Å².